The summed E-state index contributed by atoms with van der Waals surface area (Å²) in [5.74, 6) is -5.85. The first-order valence-corrected chi connectivity index (χ1v) is 11.8. The number of guanidine groups is 1. The summed E-state index contributed by atoms with van der Waals surface area (Å²) >= 11 is 0. The number of aromatic amines is 1. The summed E-state index contributed by atoms with van der Waals surface area (Å²) in [7, 11) is 0. The molecule has 0 saturated carbocycles. The van der Waals surface area contributed by atoms with E-state index in [1.807, 2.05) is 0 Å². The second-order valence-corrected chi connectivity index (χ2v) is 8.53. The van der Waals surface area contributed by atoms with Gasteiger partial charge in [0.2, 0.25) is 29.5 Å². The molecular formula is C21H35N11O7. The van der Waals surface area contributed by atoms with E-state index in [1.54, 1.807) is 0 Å². The van der Waals surface area contributed by atoms with E-state index >= 15 is 0 Å². The Morgan fingerprint density at radius 1 is 0.897 bits per heavy atom. The highest BCUT2D eigenvalue weighted by Crippen LogP contribution is 2.05. The number of amides is 5. The van der Waals surface area contributed by atoms with Crippen LogP contribution in [0.25, 0.3) is 0 Å². The molecule has 18 heteroatoms. The first-order valence-electron chi connectivity index (χ1n) is 11.8. The number of carbonyl (C=O) groups excluding carboxylic acids is 5. The zero-order chi connectivity index (χ0) is 29.5. The Bertz CT molecular complexity index is 1040. The van der Waals surface area contributed by atoms with Gasteiger partial charge in [0, 0.05) is 31.3 Å². The van der Waals surface area contributed by atoms with Crippen LogP contribution in [0.15, 0.2) is 17.5 Å². The second-order valence-electron chi connectivity index (χ2n) is 8.53. The van der Waals surface area contributed by atoms with Crippen LogP contribution in [0.2, 0.25) is 0 Å². The van der Waals surface area contributed by atoms with Crippen LogP contribution in [-0.4, -0.2) is 87.3 Å². The van der Waals surface area contributed by atoms with Crippen molar-refractivity contribution in [3.8, 4) is 0 Å². The fourth-order valence-electron chi connectivity index (χ4n) is 3.25. The Balaban J connectivity index is 3.04. The summed E-state index contributed by atoms with van der Waals surface area (Å²) in [5, 5.41) is 16.6. The number of carbonyl (C=O) groups is 6. The van der Waals surface area contributed by atoms with Crippen LogP contribution >= 0.6 is 0 Å². The Hall–Kier alpha value is -4.74. The molecule has 39 heavy (non-hydrogen) atoms. The molecule has 15 N–H and O–H groups in total. The minimum absolute atomic E-state index is 0.0416. The van der Waals surface area contributed by atoms with E-state index in [4.69, 9.17) is 28.7 Å². The van der Waals surface area contributed by atoms with E-state index in [9.17, 15) is 33.9 Å². The summed E-state index contributed by atoms with van der Waals surface area (Å²) in [5.41, 5.74) is 27.0. The number of primary amides is 2. The normalized spacial score (nSPS) is 13.7. The van der Waals surface area contributed by atoms with Crippen LogP contribution in [0.5, 0.6) is 0 Å². The van der Waals surface area contributed by atoms with E-state index in [2.05, 4.69) is 30.9 Å². The zero-order valence-electron chi connectivity index (χ0n) is 21.1. The van der Waals surface area contributed by atoms with Gasteiger partial charge in [0.1, 0.15) is 18.1 Å². The highest BCUT2D eigenvalue weighted by atomic mass is 16.4. The molecule has 0 bridgehead atoms. The summed E-state index contributed by atoms with van der Waals surface area (Å²) in [6, 6.07) is -5.44. The molecule has 4 atom stereocenters. The van der Waals surface area contributed by atoms with Crippen molar-refractivity contribution in [3.63, 3.8) is 0 Å². The van der Waals surface area contributed by atoms with Crippen LogP contribution < -0.4 is 44.6 Å². The van der Waals surface area contributed by atoms with Gasteiger partial charge in [0.15, 0.2) is 5.96 Å². The number of nitrogens with one attached hydrogen (secondary N) is 4. The number of rotatable bonds is 18. The van der Waals surface area contributed by atoms with Gasteiger partial charge in [0.05, 0.1) is 18.8 Å². The lowest BCUT2D eigenvalue weighted by Crippen LogP contribution is -2.58. The molecule has 0 aliphatic heterocycles. The van der Waals surface area contributed by atoms with Crippen LogP contribution in [0, 0.1) is 0 Å². The Kier molecular flexibility index (Phi) is 13.4. The Labute approximate surface area is 222 Å². The maximum absolute atomic E-state index is 13.0. The molecule has 1 aromatic rings. The average Bonchev–Trinajstić information content (AvgIpc) is 3.35. The lowest BCUT2D eigenvalue weighted by Gasteiger charge is -2.24. The number of hydrogen-bond acceptors (Lipinski definition) is 9. The number of hydrogen-bond donors (Lipinski definition) is 10. The molecule has 0 spiro atoms. The van der Waals surface area contributed by atoms with E-state index in [0.29, 0.717) is 5.69 Å². The van der Waals surface area contributed by atoms with Gasteiger partial charge in [-0.15, -0.1) is 0 Å². The quantitative estimate of drug-likeness (QED) is 0.0466. The maximum atomic E-state index is 13.0. The third-order valence-electron chi connectivity index (χ3n) is 5.25. The molecule has 1 rings (SSSR count). The smallest absolute Gasteiger partial charge is 0.326 e. The fraction of sp³-hybridized carbons (Fsp3) is 0.524. The van der Waals surface area contributed by atoms with Crippen molar-refractivity contribution in [1.29, 1.82) is 0 Å². The lowest BCUT2D eigenvalue weighted by atomic mass is 10.1. The van der Waals surface area contributed by atoms with E-state index in [0.717, 1.165) is 0 Å². The van der Waals surface area contributed by atoms with Crippen LogP contribution in [0.1, 0.15) is 37.8 Å². The molecule has 1 aromatic heterocycles. The molecule has 0 fully saturated rings. The number of aromatic nitrogens is 2. The number of nitrogens with zero attached hydrogens (tertiary/aromatic N) is 2. The summed E-state index contributed by atoms with van der Waals surface area (Å²) < 4.78 is 0. The number of H-pyrrole nitrogens is 1. The third-order valence-corrected chi connectivity index (χ3v) is 5.25. The van der Waals surface area contributed by atoms with Crippen molar-refractivity contribution in [2.24, 2.45) is 33.7 Å². The van der Waals surface area contributed by atoms with E-state index in [1.165, 1.54) is 12.5 Å². The van der Waals surface area contributed by atoms with Crippen molar-refractivity contribution in [3.05, 3.63) is 18.2 Å². The molecule has 216 valence electrons. The molecule has 1 heterocycles. The first-order chi connectivity index (χ1) is 18.3. The minimum Gasteiger partial charge on any atom is -0.480 e. The van der Waals surface area contributed by atoms with Gasteiger partial charge in [-0.2, -0.15) is 0 Å². The van der Waals surface area contributed by atoms with E-state index in [-0.39, 0.29) is 44.6 Å². The number of carboxylic acid groups (broad SMARTS) is 1. The lowest BCUT2D eigenvalue weighted by molar-refractivity contribution is -0.142. The number of aliphatic imine (C=N–C) groups is 1. The topological polar surface area (TPSA) is 330 Å². The molecule has 0 aliphatic rings. The monoisotopic (exact) mass is 553 g/mol. The average molecular weight is 554 g/mol. The number of aliphatic carboxylic acids is 1. The molecule has 5 amide bonds. The largest absolute Gasteiger partial charge is 0.480 e. The van der Waals surface area contributed by atoms with Gasteiger partial charge in [-0.1, -0.05) is 0 Å². The van der Waals surface area contributed by atoms with E-state index < -0.39 is 66.1 Å². The molecule has 4 unspecified atom stereocenters. The summed E-state index contributed by atoms with van der Waals surface area (Å²) in [4.78, 5) is 83.0. The molecule has 0 saturated heterocycles. The fourth-order valence-corrected chi connectivity index (χ4v) is 3.25. The SMILES string of the molecule is NC(=O)CCC(N)C(=O)NC(CC(N)=O)C(=O)NC(CCCN=C(N)N)C(=O)NC(Cc1cnc[nH]1)C(=O)O. The molecule has 18 nitrogen and oxygen atoms in total. The standard InChI is InChI=1S/C21H35N11O7/c22-11(3-4-15(23)33)17(35)31-13(7-16(24)34)19(37)30-12(2-1-5-28-21(25)26)18(36)32-14(20(38)39)6-10-8-27-9-29-10/h8-9,11-14H,1-7,22H2,(H2,23,33)(H2,24,34)(H,27,29)(H,30,37)(H,31,35)(H,32,36)(H,38,39)(H4,25,26,28). The van der Waals surface area contributed by atoms with Crippen molar-refractivity contribution in [1.82, 2.24) is 25.9 Å². The number of carboxylic acids is 1. The predicted molar refractivity (Wildman–Crippen MR) is 136 cm³/mol. The van der Waals surface area contributed by atoms with Crippen LogP contribution in [0.3, 0.4) is 0 Å². The third kappa shape index (κ3) is 12.9. The second kappa shape index (κ2) is 16.2. The van der Waals surface area contributed by atoms with Gasteiger partial charge >= 0.3 is 5.97 Å². The van der Waals surface area contributed by atoms with Crippen LogP contribution in [0.4, 0.5) is 0 Å². The summed E-state index contributed by atoms with van der Waals surface area (Å²) in [6.07, 6.45) is 1.81. The molecular weight excluding hydrogens is 518 g/mol. The Morgan fingerprint density at radius 3 is 2.05 bits per heavy atom. The van der Waals surface area contributed by atoms with Gasteiger partial charge in [0.25, 0.3) is 0 Å². The van der Waals surface area contributed by atoms with Crippen molar-refractivity contribution in [2.75, 3.05) is 6.54 Å². The predicted octanol–water partition coefficient (Wildman–Crippen LogP) is -4.99. The zero-order valence-corrected chi connectivity index (χ0v) is 21.1. The number of imidazole rings is 1. The highest BCUT2D eigenvalue weighted by molar-refractivity contribution is 5.96. The van der Waals surface area contributed by atoms with Crippen LogP contribution in [-0.2, 0) is 35.2 Å². The van der Waals surface area contributed by atoms with Crippen molar-refractivity contribution >= 4 is 41.5 Å². The molecule has 0 radical (unpaired) electrons. The van der Waals surface area contributed by atoms with Crippen molar-refractivity contribution < 1.29 is 33.9 Å². The minimum atomic E-state index is -1.53. The van der Waals surface area contributed by atoms with Gasteiger partial charge < -0.3 is 54.7 Å². The molecule has 0 aromatic carbocycles. The maximum Gasteiger partial charge on any atom is 0.326 e. The Morgan fingerprint density at radius 2 is 1.51 bits per heavy atom. The van der Waals surface area contributed by atoms with Gasteiger partial charge in [-0.05, 0) is 19.3 Å². The first kappa shape index (κ1) is 32.3. The van der Waals surface area contributed by atoms with Crippen molar-refractivity contribution in [2.45, 2.75) is 62.7 Å². The van der Waals surface area contributed by atoms with Gasteiger partial charge in [-0.25, -0.2) is 9.78 Å². The number of nitrogens with two attached hydrogens (primary N) is 5. The molecule has 0 aliphatic carbocycles. The highest BCUT2D eigenvalue weighted by Gasteiger charge is 2.31. The van der Waals surface area contributed by atoms with Gasteiger partial charge in [-0.3, -0.25) is 29.0 Å². The summed E-state index contributed by atoms with van der Waals surface area (Å²) in [6.45, 7) is 0.0919.